The van der Waals surface area contributed by atoms with Gasteiger partial charge in [0.2, 0.25) is 5.91 Å². The van der Waals surface area contributed by atoms with Gasteiger partial charge < -0.3 is 10.0 Å². The third-order valence-electron chi connectivity index (χ3n) is 5.10. The zero-order chi connectivity index (χ0) is 14.7. The molecule has 1 aliphatic carbocycles. The van der Waals surface area contributed by atoms with Crippen LogP contribution in [-0.2, 0) is 11.2 Å². The van der Waals surface area contributed by atoms with E-state index in [-0.39, 0.29) is 11.8 Å². The first-order chi connectivity index (χ1) is 10.2. The lowest BCUT2D eigenvalue weighted by molar-refractivity contribution is -0.143. The molecule has 1 amide bonds. The van der Waals surface area contributed by atoms with Gasteiger partial charge in [-0.15, -0.1) is 0 Å². The fourth-order valence-electron chi connectivity index (χ4n) is 3.74. The molecule has 2 aliphatic rings. The highest BCUT2D eigenvalue weighted by molar-refractivity contribution is 5.76. The summed E-state index contributed by atoms with van der Waals surface area (Å²) >= 11 is 0. The summed E-state index contributed by atoms with van der Waals surface area (Å²) < 4.78 is 0. The van der Waals surface area contributed by atoms with E-state index in [1.807, 2.05) is 23.1 Å². The van der Waals surface area contributed by atoms with Gasteiger partial charge in [0.15, 0.2) is 0 Å². The van der Waals surface area contributed by atoms with Gasteiger partial charge in [-0.2, -0.15) is 0 Å². The van der Waals surface area contributed by atoms with Crippen LogP contribution in [0.3, 0.4) is 0 Å². The van der Waals surface area contributed by atoms with E-state index in [2.05, 4.69) is 4.98 Å². The van der Waals surface area contributed by atoms with E-state index in [1.165, 1.54) is 6.42 Å². The molecule has 0 bridgehead atoms. The fraction of sp³-hybridized carbons (Fsp3) is 0.647. The van der Waals surface area contributed by atoms with Crippen molar-refractivity contribution >= 4 is 5.91 Å². The zero-order valence-electron chi connectivity index (χ0n) is 12.5. The highest BCUT2D eigenvalue weighted by atomic mass is 16.3. The molecule has 2 heterocycles. The van der Waals surface area contributed by atoms with Crippen LogP contribution in [0.1, 0.15) is 44.2 Å². The minimum atomic E-state index is -0.504. The largest absolute Gasteiger partial charge is 0.389 e. The number of likely N-dealkylation sites (tertiary alicyclic amines) is 1. The number of nitrogens with zero attached hydrogens (tertiary/aromatic N) is 2. The number of hydrogen-bond donors (Lipinski definition) is 1. The zero-order valence-corrected chi connectivity index (χ0v) is 12.5. The minimum absolute atomic E-state index is 0.202. The Labute approximate surface area is 126 Å². The van der Waals surface area contributed by atoms with Crippen molar-refractivity contribution in [3.63, 3.8) is 0 Å². The Hall–Kier alpha value is -1.42. The predicted octanol–water partition coefficient (Wildman–Crippen LogP) is 2.17. The Morgan fingerprint density at radius 1 is 1.38 bits per heavy atom. The monoisotopic (exact) mass is 288 g/mol. The number of carbonyl (C=O) groups excluding carboxylic acids is 1. The Morgan fingerprint density at radius 2 is 2.29 bits per heavy atom. The van der Waals surface area contributed by atoms with E-state index in [0.717, 1.165) is 37.9 Å². The number of pyridine rings is 1. The molecule has 1 aromatic heterocycles. The van der Waals surface area contributed by atoms with Gasteiger partial charge in [0.05, 0.1) is 5.60 Å². The maximum absolute atomic E-state index is 12.4. The van der Waals surface area contributed by atoms with Crippen LogP contribution in [0.15, 0.2) is 24.4 Å². The van der Waals surface area contributed by atoms with Crippen molar-refractivity contribution in [2.45, 2.75) is 50.5 Å². The number of aromatic nitrogens is 1. The molecule has 21 heavy (non-hydrogen) atoms. The molecule has 2 fully saturated rings. The summed E-state index contributed by atoms with van der Waals surface area (Å²) in [6.45, 7) is 1.44. The van der Waals surface area contributed by atoms with Crippen LogP contribution < -0.4 is 0 Å². The molecule has 0 spiro atoms. The number of fused-ring (bicyclic) bond motifs is 1. The molecule has 0 aromatic carbocycles. The van der Waals surface area contributed by atoms with Crippen molar-refractivity contribution in [1.82, 2.24) is 9.88 Å². The summed E-state index contributed by atoms with van der Waals surface area (Å²) in [5, 5.41) is 10.7. The molecule has 114 valence electrons. The molecule has 4 nitrogen and oxygen atoms in total. The lowest BCUT2D eigenvalue weighted by Gasteiger charge is -2.47. The van der Waals surface area contributed by atoms with Crippen molar-refractivity contribution < 1.29 is 9.90 Å². The van der Waals surface area contributed by atoms with Gasteiger partial charge in [-0.25, -0.2) is 0 Å². The fourth-order valence-corrected chi connectivity index (χ4v) is 3.74. The minimum Gasteiger partial charge on any atom is -0.389 e. The van der Waals surface area contributed by atoms with Crippen LogP contribution >= 0.6 is 0 Å². The SMILES string of the molecule is O=C(CCc1ccccn1)N1CCC2(O)CCCCC2C1. The number of aryl methyl sites for hydroxylation is 1. The molecular weight excluding hydrogens is 264 g/mol. The number of piperidine rings is 1. The van der Waals surface area contributed by atoms with E-state index < -0.39 is 5.60 Å². The molecule has 0 radical (unpaired) electrons. The second-order valence-corrected chi connectivity index (χ2v) is 6.46. The maximum Gasteiger partial charge on any atom is 0.222 e. The summed E-state index contributed by atoms with van der Waals surface area (Å²) in [5.41, 5.74) is 0.466. The van der Waals surface area contributed by atoms with Gasteiger partial charge in [0.25, 0.3) is 0 Å². The molecular formula is C17H24N2O2. The Balaban J connectivity index is 1.54. The molecule has 4 heteroatoms. The number of aliphatic hydroxyl groups is 1. The van der Waals surface area contributed by atoms with Gasteiger partial charge in [0.1, 0.15) is 0 Å². The summed E-state index contributed by atoms with van der Waals surface area (Å²) in [6.07, 6.45) is 8.00. The number of amides is 1. The van der Waals surface area contributed by atoms with Crippen molar-refractivity contribution in [2.24, 2.45) is 5.92 Å². The van der Waals surface area contributed by atoms with E-state index in [4.69, 9.17) is 0 Å². The van der Waals surface area contributed by atoms with Gasteiger partial charge in [-0.3, -0.25) is 9.78 Å². The second-order valence-electron chi connectivity index (χ2n) is 6.46. The van der Waals surface area contributed by atoms with E-state index in [9.17, 15) is 9.90 Å². The van der Waals surface area contributed by atoms with Crippen molar-refractivity contribution in [1.29, 1.82) is 0 Å². The average Bonchev–Trinajstić information content (AvgIpc) is 2.52. The van der Waals surface area contributed by atoms with Gasteiger partial charge in [-0.1, -0.05) is 18.9 Å². The first kappa shape index (κ1) is 14.5. The Morgan fingerprint density at radius 3 is 3.10 bits per heavy atom. The maximum atomic E-state index is 12.4. The van der Waals surface area contributed by atoms with E-state index in [1.54, 1.807) is 6.20 Å². The first-order valence-electron chi connectivity index (χ1n) is 8.07. The van der Waals surface area contributed by atoms with Gasteiger partial charge >= 0.3 is 0 Å². The van der Waals surface area contributed by atoms with Crippen molar-refractivity contribution in [3.8, 4) is 0 Å². The molecule has 1 N–H and O–H groups in total. The number of hydrogen-bond acceptors (Lipinski definition) is 3. The standard InChI is InChI=1S/C17H24N2O2/c20-16(8-7-15-6-2-4-11-18-15)19-12-10-17(21)9-3-1-5-14(17)13-19/h2,4,6,11,14,21H,1,3,5,7-10,12-13H2. The Kier molecular flexibility index (Phi) is 4.24. The van der Waals surface area contributed by atoms with Crippen LogP contribution in [0.4, 0.5) is 0 Å². The summed E-state index contributed by atoms with van der Waals surface area (Å²) in [7, 11) is 0. The topological polar surface area (TPSA) is 53.4 Å². The van der Waals surface area contributed by atoms with Gasteiger partial charge in [0, 0.05) is 37.3 Å². The number of carbonyl (C=O) groups is 1. The molecule has 1 aromatic rings. The number of rotatable bonds is 3. The van der Waals surface area contributed by atoms with Gasteiger partial charge in [-0.05, 0) is 37.8 Å². The van der Waals surface area contributed by atoms with Crippen LogP contribution in [0.5, 0.6) is 0 Å². The summed E-state index contributed by atoms with van der Waals surface area (Å²) in [6, 6.07) is 5.80. The average molecular weight is 288 g/mol. The van der Waals surface area contributed by atoms with Crippen LogP contribution in [0.25, 0.3) is 0 Å². The van der Waals surface area contributed by atoms with Crippen molar-refractivity contribution in [3.05, 3.63) is 30.1 Å². The Bertz CT molecular complexity index is 491. The first-order valence-corrected chi connectivity index (χ1v) is 8.07. The molecule has 2 atom stereocenters. The lowest BCUT2D eigenvalue weighted by Crippen LogP contribution is -2.54. The third-order valence-corrected chi connectivity index (χ3v) is 5.10. The third kappa shape index (κ3) is 3.26. The van der Waals surface area contributed by atoms with Crippen LogP contribution in [-0.4, -0.2) is 39.6 Å². The normalized spacial score (nSPS) is 29.0. The predicted molar refractivity (Wildman–Crippen MR) is 80.7 cm³/mol. The molecule has 3 rings (SSSR count). The smallest absolute Gasteiger partial charge is 0.222 e. The molecule has 1 saturated carbocycles. The molecule has 1 saturated heterocycles. The second kappa shape index (κ2) is 6.14. The summed E-state index contributed by atoms with van der Waals surface area (Å²) in [4.78, 5) is 18.6. The molecule has 1 aliphatic heterocycles. The van der Waals surface area contributed by atoms with Crippen LogP contribution in [0.2, 0.25) is 0 Å². The quantitative estimate of drug-likeness (QED) is 0.927. The van der Waals surface area contributed by atoms with E-state index >= 15 is 0 Å². The van der Waals surface area contributed by atoms with E-state index in [0.29, 0.717) is 19.4 Å². The van der Waals surface area contributed by atoms with Crippen molar-refractivity contribution in [2.75, 3.05) is 13.1 Å². The highest BCUT2D eigenvalue weighted by Gasteiger charge is 2.43. The summed E-state index contributed by atoms with van der Waals surface area (Å²) in [5.74, 6) is 0.479. The molecule has 2 unspecified atom stereocenters. The highest BCUT2D eigenvalue weighted by Crippen LogP contribution is 2.39. The van der Waals surface area contributed by atoms with Crippen LogP contribution in [0, 0.1) is 5.92 Å². The lowest BCUT2D eigenvalue weighted by atomic mass is 9.71.